The van der Waals surface area contributed by atoms with Crippen LogP contribution in [0.1, 0.15) is 38.1 Å². The Balaban J connectivity index is 3.29. The Hall–Kier alpha value is -1.32. The molecule has 0 aliphatic rings. The maximum atomic E-state index is 11.6. The number of aryl methyl sites for hydroxylation is 1. The molecule has 0 aliphatic carbocycles. The molecule has 0 saturated carbocycles. The van der Waals surface area contributed by atoms with Gasteiger partial charge in [0.05, 0.1) is 5.56 Å². The molecule has 0 aromatic carbocycles. The van der Waals surface area contributed by atoms with Gasteiger partial charge in [-0.25, -0.2) is 4.98 Å². The summed E-state index contributed by atoms with van der Waals surface area (Å²) in [6.07, 6.45) is 0. The van der Waals surface area contributed by atoms with Crippen LogP contribution < -0.4 is 10.9 Å². The Morgan fingerprint density at radius 2 is 2.14 bits per heavy atom. The maximum Gasteiger partial charge on any atom is 0.256 e. The van der Waals surface area contributed by atoms with Crippen molar-refractivity contribution in [2.45, 2.75) is 33.6 Å². The van der Waals surface area contributed by atoms with Crippen LogP contribution in [0.5, 0.6) is 0 Å². The van der Waals surface area contributed by atoms with Crippen molar-refractivity contribution in [3.8, 4) is 0 Å². The van der Waals surface area contributed by atoms with E-state index < -0.39 is 0 Å². The summed E-state index contributed by atoms with van der Waals surface area (Å²) in [6, 6.07) is 0. The smallest absolute Gasteiger partial charge is 0.256 e. The molecule has 1 rings (SSSR count). The van der Waals surface area contributed by atoms with Crippen LogP contribution in [0.15, 0.2) is 4.79 Å². The molecule has 0 atom stereocenters. The molecule has 4 nitrogen and oxygen atoms in total. The quantitative estimate of drug-likeness (QED) is 0.770. The van der Waals surface area contributed by atoms with Gasteiger partial charge in [0, 0.05) is 6.54 Å². The molecule has 14 heavy (non-hydrogen) atoms. The van der Waals surface area contributed by atoms with E-state index in [9.17, 15) is 4.79 Å². The first-order chi connectivity index (χ1) is 6.56. The number of anilines is 1. The number of aromatic amines is 1. The minimum absolute atomic E-state index is 0.0385. The van der Waals surface area contributed by atoms with E-state index in [1.807, 2.05) is 20.8 Å². The van der Waals surface area contributed by atoms with Crippen LogP contribution in [-0.2, 0) is 0 Å². The van der Waals surface area contributed by atoms with Gasteiger partial charge in [-0.1, -0.05) is 13.8 Å². The van der Waals surface area contributed by atoms with Crippen LogP contribution in [0, 0.1) is 6.92 Å². The van der Waals surface area contributed by atoms with E-state index in [0.717, 1.165) is 12.1 Å². The predicted octanol–water partition coefficient (Wildman–Crippen LogP) is 1.63. The number of aromatic nitrogens is 2. The summed E-state index contributed by atoms with van der Waals surface area (Å²) in [5.74, 6) is 1.54. The Bertz CT molecular complexity index is 368. The van der Waals surface area contributed by atoms with Crippen LogP contribution in [0.25, 0.3) is 0 Å². The van der Waals surface area contributed by atoms with Gasteiger partial charge in [0.25, 0.3) is 5.56 Å². The molecule has 78 valence electrons. The average Bonchev–Trinajstić information content (AvgIpc) is 2.01. The molecule has 0 spiro atoms. The lowest BCUT2D eigenvalue weighted by Gasteiger charge is -2.11. The third-order valence-electron chi connectivity index (χ3n) is 2.00. The summed E-state index contributed by atoms with van der Waals surface area (Å²) in [7, 11) is 0. The van der Waals surface area contributed by atoms with Crippen molar-refractivity contribution in [3.63, 3.8) is 0 Å². The minimum atomic E-state index is -0.0385. The molecule has 4 heteroatoms. The molecular weight excluding hydrogens is 178 g/mol. The van der Waals surface area contributed by atoms with Gasteiger partial charge in [-0.2, -0.15) is 0 Å². The number of nitrogens with one attached hydrogen (secondary N) is 2. The predicted molar refractivity (Wildman–Crippen MR) is 57.8 cm³/mol. The van der Waals surface area contributed by atoms with Gasteiger partial charge in [0.15, 0.2) is 0 Å². The van der Waals surface area contributed by atoms with Crippen LogP contribution in [-0.4, -0.2) is 16.5 Å². The van der Waals surface area contributed by atoms with E-state index in [0.29, 0.717) is 11.6 Å². The zero-order chi connectivity index (χ0) is 10.7. The third-order valence-corrected chi connectivity index (χ3v) is 2.00. The van der Waals surface area contributed by atoms with E-state index in [-0.39, 0.29) is 11.5 Å². The summed E-state index contributed by atoms with van der Waals surface area (Å²) in [4.78, 5) is 18.6. The molecule has 1 aromatic rings. The summed E-state index contributed by atoms with van der Waals surface area (Å²) in [6.45, 7) is 8.52. The topological polar surface area (TPSA) is 57.8 Å². The van der Waals surface area contributed by atoms with Crippen molar-refractivity contribution < 1.29 is 0 Å². The lowest BCUT2D eigenvalue weighted by Crippen LogP contribution is -2.20. The Kier molecular flexibility index (Phi) is 3.28. The number of H-pyrrole nitrogens is 1. The van der Waals surface area contributed by atoms with Gasteiger partial charge in [-0.15, -0.1) is 0 Å². The number of rotatable bonds is 3. The van der Waals surface area contributed by atoms with Crippen molar-refractivity contribution in [3.05, 3.63) is 21.7 Å². The van der Waals surface area contributed by atoms with E-state index in [1.165, 1.54) is 0 Å². The second-order valence-electron chi connectivity index (χ2n) is 3.60. The van der Waals surface area contributed by atoms with Crippen molar-refractivity contribution in [2.75, 3.05) is 11.9 Å². The molecule has 0 bridgehead atoms. The Morgan fingerprint density at radius 1 is 1.50 bits per heavy atom. The first kappa shape index (κ1) is 10.8. The van der Waals surface area contributed by atoms with Crippen LogP contribution >= 0.6 is 0 Å². The van der Waals surface area contributed by atoms with E-state index in [4.69, 9.17) is 0 Å². The molecule has 2 N–H and O–H groups in total. The molecule has 0 saturated heterocycles. The highest BCUT2D eigenvalue weighted by atomic mass is 16.1. The monoisotopic (exact) mass is 195 g/mol. The lowest BCUT2D eigenvalue weighted by molar-refractivity contribution is 0.820. The molecule has 1 aromatic heterocycles. The van der Waals surface area contributed by atoms with Crippen molar-refractivity contribution in [1.29, 1.82) is 0 Å². The standard InChI is InChI=1S/C10H17N3O/c1-5-11-9-8(6(2)3)10(14)13-7(4)12-9/h6H,5H2,1-4H3,(H2,11,12,13,14). The molecule has 1 heterocycles. The lowest BCUT2D eigenvalue weighted by atomic mass is 10.1. The van der Waals surface area contributed by atoms with Gasteiger partial charge in [-0.3, -0.25) is 4.79 Å². The van der Waals surface area contributed by atoms with Gasteiger partial charge >= 0.3 is 0 Å². The summed E-state index contributed by atoms with van der Waals surface area (Å²) in [5, 5.41) is 3.11. The molecular formula is C10H17N3O. The van der Waals surface area contributed by atoms with Crippen LogP contribution in [0.3, 0.4) is 0 Å². The van der Waals surface area contributed by atoms with Crippen molar-refractivity contribution >= 4 is 5.82 Å². The molecule has 0 aliphatic heterocycles. The first-order valence-corrected chi connectivity index (χ1v) is 4.91. The maximum absolute atomic E-state index is 11.6. The SMILES string of the molecule is CCNc1nc(C)[nH]c(=O)c1C(C)C. The zero-order valence-electron chi connectivity index (χ0n) is 9.14. The molecule has 0 unspecified atom stereocenters. The minimum Gasteiger partial charge on any atom is -0.370 e. The van der Waals surface area contributed by atoms with Gasteiger partial charge in [0.2, 0.25) is 0 Å². The number of hydrogen-bond donors (Lipinski definition) is 2. The van der Waals surface area contributed by atoms with Crippen LogP contribution in [0.4, 0.5) is 5.82 Å². The normalized spacial score (nSPS) is 10.6. The van der Waals surface area contributed by atoms with E-state index in [1.54, 1.807) is 6.92 Å². The fraction of sp³-hybridized carbons (Fsp3) is 0.600. The van der Waals surface area contributed by atoms with Crippen molar-refractivity contribution in [2.24, 2.45) is 0 Å². The average molecular weight is 195 g/mol. The summed E-state index contributed by atoms with van der Waals surface area (Å²) < 4.78 is 0. The number of hydrogen-bond acceptors (Lipinski definition) is 3. The van der Waals surface area contributed by atoms with Gasteiger partial charge < -0.3 is 10.3 Å². The highest BCUT2D eigenvalue weighted by Gasteiger charge is 2.12. The fourth-order valence-corrected chi connectivity index (χ4v) is 1.43. The van der Waals surface area contributed by atoms with E-state index in [2.05, 4.69) is 15.3 Å². The highest BCUT2D eigenvalue weighted by Crippen LogP contribution is 2.17. The first-order valence-electron chi connectivity index (χ1n) is 4.91. The van der Waals surface area contributed by atoms with Gasteiger partial charge in [-0.05, 0) is 19.8 Å². The second kappa shape index (κ2) is 4.26. The zero-order valence-corrected chi connectivity index (χ0v) is 9.14. The summed E-state index contributed by atoms with van der Waals surface area (Å²) >= 11 is 0. The largest absolute Gasteiger partial charge is 0.370 e. The van der Waals surface area contributed by atoms with Crippen LogP contribution in [0.2, 0.25) is 0 Å². The second-order valence-corrected chi connectivity index (χ2v) is 3.60. The van der Waals surface area contributed by atoms with Crippen molar-refractivity contribution in [1.82, 2.24) is 9.97 Å². The number of nitrogens with zero attached hydrogens (tertiary/aromatic N) is 1. The van der Waals surface area contributed by atoms with E-state index >= 15 is 0 Å². The fourth-order valence-electron chi connectivity index (χ4n) is 1.43. The highest BCUT2D eigenvalue weighted by molar-refractivity contribution is 5.44. The van der Waals surface area contributed by atoms with Gasteiger partial charge in [0.1, 0.15) is 11.6 Å². The Labute approximate surface area is 83.8 Å². The molecule has 0 fully saturated rings. The third kappa shape index (κ3) is 2.13. The molecule has 0 radical (unpaired) electrons. The summed E-state index contributed by atoms with van der Waals surface area (Å²) in [5.41, 5.74) is 0.695. The molecule has 0 amide bonds. The Morgan fingerprint density at radius 3 is 2.64 bits per heavy atom.